The van der Waals surface area contributed by atoms with Crippen molar-refractivity contribution < 1.29 is 22.6 Å². The molecular weight excluding hydrogens is 271 g/mol. The van der Waals surface area contributed by atoms with Crippen molar-refractivity contribution in [2.75, 3.05) is 6.61 Å². The number of hydrogen-bond donors (Lipinski definition) is 1. The van der Waals surface area contributed by atoms with E-state index in [0.717, 1.165) is 31.4 Å². The molecule has 1 saturated heterocycles. The van der Waals surface area contributed by atoms with Gasteiger partial charge in [0.15, 0.2) is 0 Å². The lowest BCUT2D eigenvalue weighted by atomic mass is 10.0. The quantitative estimate of drug-likeness (QED) is 0.906. The fraction of sp³-hybridized carbons (Fsp3) is 0.571. The molecule has 0 amide bonds. The maximum Gasteiger partial charge on any atom is 0.573 e. The molecule has 112 valence electrons. The fourth-order valence-electron chi connectivity index (χ4n) is 2.38. The lowest BCUT2D eigenvalue weighted by Crippen LogP contribution is -2.28. The van der Waals surface area contributed by atoms with Crippen LogP contribution in [0, 0.1) is 0 Å². The van der Waals surface area contributed by atoms with Crippen LogP contribution in [0.1, 0.15) is 24.8 Å². The third-order valence-corrected chi connectivity index (χ3v) is 3.24. The maximum atomic E-state index is 12.0. The highest BCUT2D eigenvalue weighted by molar-refractivity contribution is 5.27. The molecule has 0 bridgehead atoms. The summed E-state index contributed by atoms with van der Waals surface area (Å²) < 4.78 is 45.4. The summed E-state index contributed by atoms with van der Waals surface area (Å²) in [6.07, 6.45) is -0.935. The van der Waals surface area contributed by atoms with Crippen LogP contribution in [0.15, 0.2) is 24.3 Å². The van der Waals surface area contributed by atoms with Gasteiger partial charge in [-0.15, -0.1) is 13.2 Å². The molecule has 1 aromatic rings. The molecule has 1 fully saturated rings. The van der Waals surface area contributed by atoms with Crippen LogP contribution in [0.4, 0.5) is 13.2 Å². The van der Waals surface area contributed by atoms with Crippen molar-refractivity contribution in [1.82, 2.24) is 0 Å². The van der Waals surface area contributed by atoms with Crippen molar-refractivity contribution in [3.05, 3.63) is 29.8 Å². The van der Waals surface area contributed by atoms with Crippen molar-refractivity contribution in [3.8, 4) is 5.75 Å². The van der Waals surface area contributed by atoms with Crippen molar-refractivity contribution in [2.24, 2.45) is 5.73 Å². The van der Waals surface area contributed by atoms with Crippen LogP contribution >= 0.6 is 0 Å². The van der Waals surface area contributed by atoms with Crippen LogP contribution in [0.5, 0.6) is 5.75 Å². The SMILES string of the molecule is NC(Cc1ccc(OC(F)(F)F)cc1)CC1CCCO1. The molecule has 20 heavy (non-hydrogen) atoms. The summed E-state index contributed by atoms with van der Waals surface area (Å²) in [6.45, 7) is 0.793. The van der Waals surface area contributed by atoms with E-state index in [1.165, 1.54) is 12.1 Å². The molecule has 2 rings (SSSR count). The van der Waals surface area contributed by atoms with Crippen LogP contribution in [-0.4, -0.2) is 25.1 Å². The van der Waals surface area contributed by atoms with Gasteiger partial charge in [0, 0.05) is 12.6 Å². The third-order valence-electron chi connectivity index (χ3n) is 3.24. The molecule has 1 aliphatic rings. The summed E-state index contributed by atoms with van der Waals surface area (Å²) in [7, 11) is 0. The van der Waals surface area contributed by atoms with Gasteiger partial charge >= 0.3 is 6.36 Å². The van der Waals surface area contributed by atoms with Gasteiger partial charge in [-0.05, 0) is 43.4 Å². The standard InChI is InChI=1S/C14H18F3NO2/c15-14(16,17)20-12-5-3-10(4-6-12)8-11(18)9-13-2-1-7-19-13/h3-6,11,13H,1-2,7-9,18H2. The number of benzene rings is 1. The molecule has 1 aliphatic heterocycles. The topological polar surface area (TPSA) is 44.5 Å². The summed E-state index contributed by atoms with van der Waals surface area (Å²) in [6, 6.07) is 5.78. The maximum absolute atomic E-state index is 12.0. The molecule has 2 unspecified atom stereocenters. The Labute approximate surface area is 115 Å². The van der Waals surface area contributed by atoms with Gasteiger partial charge in [0.05, 0.1) is 6.10 Å². The Morgan fingerprint density at radius 3 is 2.55 bits per heavy atom. The minimum atomic E-state index is -4.66. The predicted octanol–water partition coefficient (Wildman–Crippen LogP) is 3.02. The fourth-order valence-corrected chi connectivity index (χ4v) is 2.38. The summed E-state index contributed by atoms with van der Waals surface area (Å²) in [5.41, 5.74) is 6.93. The Hall–Kier alpha value is -1.27. The molecule has 6 heteroatoms. The molecule has 0 aromatic heterocycles. The second-order valence-corrected chi connectivity index (χ2v) is 5.03. The van der Waals surface area contributed by atoms with Crippen LogP contribution in [0.2, 0.25) is 0 Å². The van der Waals surface area contributed by atoms with E-state index >= 15 is 0 Å². The molecule has 0 aliphatic carbocycles. The average Bonchev–Trinajstić information content (AvgIpc) is 2.82. The van der Waals surface area contributed by atoms with E-state index in [1.807, 2.05) is 0 Å². The molecule has 1 aromatic carbocycles. The Kier molecular flexibility index (Phi) is 4.88. The summed E-state index contributed by atoms with van der Waals surface area (Å²) in [4.78, 5) is 0. The van der Waals surface area contributed by atoms with Crippen molar-refractivity contribution in [3.63, 3.8) is 0 Å². The molecule has 2 N–H and O–H groups in total. The zero-order valence-electron chi connectivity index (χ0n) is 11.0. The number of halogens is 3. The van der Waals surface area contributed by atoms with E-state index in [-0.39, 0.29) is 17.9 Å². The summed E-state index contributed by atoms with van der Waals surface area (Å²) in [5.74, 6) is -0.214. The zero-order chi connectivity index (χ0) is 14.6. The second kappa shape index (κ2) is 6.45. The highest BCUT2D eigenvalue weighted by Gasteiger charge is 2.31. The minimum Gasteiger partial charge on any atom is -0.406 e. The molecule has 0 spiro atoms. The van der Waals surface area contributed by atoms with Gasteiger partial charge in [-0.2, -0.15) is 0 Å². The van der Waals surface area contributed by atoms with Gasteiger partial charge in [-0.3, -0.25) is 0 Å². The van der Waals surface area contributed by atoms with Crippen molar-refractivity contribution in [1.29, 1.82) is 0 Å². The van der Waals surface area contributed by atoms with E-state index in [2.05, 4.69) is 4.74 Å². The monoisotopic (exact) mass is 289 g/mol. The van der Waals surface area contributed by atoms with Crippen molar-refractivity contribution >= 4 is 0 Å². The smallest absolute Gasteiger partial charge is 0.406 e. The van der Waals surface area contributed by atoms with Gasteiger partial charge < -0.3 is 15.2 Å². The average molecular weight is 289 g/mol. The second-order valence-electron chi connectivity index (χ2n) is 5.03. The van der Waals surface area contributed by atoms with E-state index in [1.54, 1.807) is 12.1 Å². The van der Waals surface area contributed by atoms with Crippen LogP contribution in [-0.2, 0) is 11.2 Å². The van der Waals surface area contributed by atoms with E-state index in [4.69, 9.17) is 10.5 Å². The molecular formula is C14H18F3NO2. The Balaban J connectivity index is 1.83. The minimum absolute atomic E-state index is 0.0486. The predicted molar refractivity (Wildman–Crippen MR) is 68.4 cm³/mol. The van der Waals surface area contributed by atoms with Gasteiger partial charge in [-0.1, -0.05) is 12.1 Å². The summed E-state index contributed by atoms with van der Waals surface area (Å²) in [5, 5.41) is 0. The zero-order valence-corrected chi connectivity index (χ0v) is 11.0. The first-order valence-corrected chi connectivity index (χ1v) is 6.64. The Bertz CT molecular complexity index is 413. The lowest BCUT2D eigenvalue weighted by Gasteiger charge is -2.16. The molecule has 3 nitrogen and oxygen atoms in total. The summed E-state index contributed by atoms with van der Waals surface area (Å²) >= 11 is 0. The molecule has 0 saturated carbocycles. The number of ether oxygens (including phenoxy) is 2. The number of hydrogen-bond acceptors (Lipinski definition) is 3. The highest BCUT2D eigenvalue weighted by atomic mass is 19.4. The van der Waals surface area contributed by atoms with Gasteiger partial charge in [0.25, 0.3) is 0 Å². The first-order valence-electron chi connectivity index (χ1n) is 6.64. The lowest BCUT2D eigenvalue weighted by molar-refractivity contribution is -0.274. The van der Waals surface area contributed by atoms with E-state index in [9.17, 15) is 13.2 Å². The number of alkyl halides is 3. The van der Waals surface area contributed by atoms with Gasteiger partial charge in [0.1, 0.15) is 5.75 Å². The number of nitrogens with two attached hydrogens (primary N) is 1. The highest BCUT2D eigenvalue weighted by Crippen LogP contribution is 2.23. The first-order chi connectivity index (χ1) is 9.42. The molecule has 2 atom stereocenters. The van der Waals surface area contributed by atoms with E-state index < -0.39 is 6.36 Å². The Morgan fingerprint density at radius 1 is 1.30 bits per heavy atom. The molecule has 0 radical (unpaired) electrons. The van der Waals surface area contributed by atoms with Crippen LogP contribution < -0.4 is 10.5 Å². The third kappa shape index (κ3) is 5.02. The van der Waals surface area contributed by atoms with Crippen LogP contribution in [0.3, 0.4) is 0 Å². The largest absolute Gasteiger partial charge is 0.573 e. The Morgan fingerprint density at radius 2 is 2.00 bits per heavy atom. The van der Waals surface area contributed by atoms with Crippen molar-refractivity contribution in [2.45, 2.75) is 44.2 Å². The van der Waals surface area contributed by atoms with Gasteiger partial charge in [-0.25, -0.2) is 0 Å². The van der Waals surface area contributed by atoms with Crippen LogP contribution in [0.25, 0.3) is 0 Å². The van der Waals surface area contributed by atoms with E-state index in [0.29, 0.717) is 6.42 Å². The van der Waals surface area contributed by atoms with Gasteiger partial charge in [0.2, 0.25) is 0 Å². The molecule has 1 heterocycles. The first kappa shape index (κ1) is 15.1. The normalized spacial score (nSPS) is 20.9. The number of rotatable bonds is 5.